The second-order valence-electron chi connectivity index (χ2n) is 6.00. The monoisotopic (exact) mass is 487 g/mol. The lowest BCUT2D eigenvalue weighted by Gasteiger charge is -2.14. The molecule has 1 aromatic heterocycles. The van der Waals surface area contributed by atoms with Crippen molar-refractivity contribution in [1.29, 1.82) is 0 Å². The van der Waals surface area contributed by atoms with E-state index in [9.17, 15) is 27.9 Å². The van der Waals surface area contributed by atoms with Gasteiger partial charge in [-0.2, -0.15) is 13.2 Å². The molecule has 2 aromatic rings. The molecule has 0 radical (unpaired) electrons. The summed E-state index contributed by atoms with van der Waals surface area (Å²) in [4.78, 5) is 34.0. The first-order chi connectivity index (χ1) is 14.3. The molecule has 9 nitrogen and oxygen atoms in total. The Morgan fingerprint density at radius 1 is 1.32 bits per heavy atom. The molecule has 0 aliphatic rings. The molecule has 14 heteroatoms. The van der Waals surface area contributed by atoms with Gasteiger partial charge in [0.1, 0.15) is 18.5 Å². The average Bonchev–Trinajstić information content (AvgIpc) is 2.65. The minimum Gasteiger partial charge on any atom is -0.489 e. The van der Waals surface area contributed by atoms with Gasteiger partial charge >= 0.3 is 17.8 Å². The summed E-state index contributed by atoms with van der Waals surface area (Å²) in [5, 5.41) is 20.8. The third-order valence-corrected chi connectivity index (χ3v) is 3.98. The summed E-state index contributed by atoms with van der Waals surface area (Å²) < 4.78 is 38.4. The van der Waals surface area contributed by atoms with Crippen LogP contribution in [0.4, 0.5) is 13.2 Å². The van der Waals surface area contributed by atoms with Gasteiger partial charge in [0.25, 0.3) is 5.56 Å². The largest absolute Gasteiger partial charge is 0.490 e. The molecule has 0 fully saturated rings. The van der Waals surface area contributed by atoms with Crippen LogP contribution < -0.4 is 21.3 Å². The fraction of sp³-hybridized carbons (Fsp3) is 0.353. The third kappa shape index (κ3) is 9.42. The predicted octanol–water partition coefficient (Wildman–Crippen LogP) is 1.54. The predicted molar refractivity (Wildman–Crippen MR) is 106 cm³/mol. The molecule has 172 valence electrons. The molecule has 2 rings (SSSR count). The van der Waals surface area contributed by atoms with Crippen molar-refractivity contribution in [2.24, 2.45) is 7.05 Å². The van der Waals surface area contributed by atoms with E-state index in [1.807, 2.05) is 0 Å². The number of halogens is 5. The van der Waals surface area contributed by atoms with E-state index in [1.165, 1.54) is 10.8 Å². The number of aliphatic hydroxyl groups excluding tert-OH is 1. The number of nitrogens with one attached hydrogen (secondary N) is 2. The van der Waals surface area contributed by atoms with Gasteiger partial charge < -0.3 is 24.8 Å². The van der Waals surface area contributed by atoms with E-state index >= 15 is 0 Å². The first kappa shape index (κ1) is 26.5. The van der Waals surface area contributed by atoms with E-state index in [0.717, 1.165) is 0 Å². The summed E-state index contributed by atoms with van der Waals surface area (Å²) in [6, 6.07) is 4.81. The molecular weight excluding hydrogens is 470 g/mol. The highest BCUT2D eigenvalue weighted by Crippen LogP contribution is 2.27. The van der Waals surface area contributed by atoms with E-state index in [2.05, 4.69) is 10.3 Å². The van der Waals surface area contributed by atoms with E-state index in [0.29, 0.717) is 21.4 Å². The maximum atomic E-state index is 11.6. The van der Waals surface area contributed by atoms with E-state index in [-0.39, 0.29) is 19.7 Å². The number of carboxylic acids is 1. The number of alkyl halides is 3. The number of aryl methyl sites for hydroxylation is 1. The Balaban J connectivity index is 0.000000592. The molecule has 0 aliphatic carbocycles. The number of hydrogen-bond donors (Lipinski definition) is 4. The standard InChI is InChI=1S/C15H17Cl2N3O4.C2HF3O2/c1-20-7-9(14(22)19-15(20)23)5-18-6-11(21)8-24-13-3-2-10(16)4-12(13)17;3-2(4,5)1(6)7/h2-4,7,11,18,21H,5-6,8H2,1H3,(H,19,22,23);(H,6,7). The number of rotatable bonds is 7. The lowest BCUT2D eigenvalue weighted by Crippen LogP contribution is -2.35. The van der Waals surface area contributed by atoms with Crippen LogP contribution in [0, 0.1) is 0 Å². The Kier molecular flexibility index (Phi) is 10.0. The lowest BCUT2D eigenvalue weighted by atomic mass is 10.3. The maximum absolute atomic E-state index is 11.6. The SMILES string of the molecule is Cn1cc(CNCC(O)COc2ccc(Cl)cc2Cl)c(=O)[nH]c1=O.O=C(O)C(F)(F)F. The van der Waals surface area contributed by atoms with Crippen molar-refractivity contribution in [3.8, 4) is 5.75 Å². The number of nitrogens with zero attached hydrogens (tertiary/aromatic N) is 1. The fourth-order valence-electron chi connectivity index (χ4n) is 1.95. The van der Waals surface area contributed by atoms with Crippen LogP contribution >= 0.6 is 23.2 Å². The summed E-state index contributed by atoms with van der Waals surface area (Å²) in [6.45, 7) is 0.438. The number of benzene rings is 1. The molecule has 0 amide bonds. The van der Waals surface area contributed by atoms with E-state index < -0.39 is 29.5 Å². The normalized spacial score (nSPS) is 12.0. The first-order valence-electron chi connectivity index (χ1n) is 8.36. The number of aliphatic carboxylic acids is 1. The van der Waals surface area contributed by atoms with Crippen molar-refractivity contribution in [3.05, 3.63) is 60.8 Å². The smallest absolute Gasteiger partial charge is 0.489 e. The van der Waals surface area contributed by atoms with Crippen molar-refractivity contribution in [2.75, 3.05) is 13.2 Å². The van der Waals surface area contributed by atoms with Gasteiger partial charge in [-0.1, -0.05) is 23.2 Å². The Labute approximate surface area is 183 Å². The quantitative estimate of drug-likeness (QED) is 0.465. The number of carbonyl (C=O) groups is 1. The van der Waals surface area contributed by atoms with Gasteiger partial charge in [-0.25, -0.2) is 9.59 Å². The molecule has 0 aliphatic heterocycles. The highest BCUT2D eigenvalue weighted by Gasteiger charge is 2.38. The van der Waals surface area contributed by atoms with Crippen molar-refractivity contribution in [3.63, 3.8) is 0 Å². The lowest BCUT2D eigenvalue weighted by molar-refractivity contribution is -0.192. The Morgan fingerprint density at radius 2 is 1.94 bits per heavy atom. The minimum absolute atomic E-state index is 0.0258. The molecule has 0 saturated carbocycles. The molecule has 0 saturated heterocycles. The minimum atomic E-state index is -5.08. The Hall–Kier alpha value is -2.54. The molecule has 1 heterocycles. The van der Waals surface area contributed by atoms with Gasteiger partial charge in [0.15, 0.2) is 0 Å². The number of H-pyrrole nitrogens is 1. The van der Waals surface area contributed by atoms with Gasteiger partial charge in [0.2, 0.25) is 0 Å². The van der Waals surface area contributed by atoms with Gasteiger partial charge in [0.05, 0.1) is 5.02 Å². The van der Waals surface area contributed by atoms with Crippen LogP contribution in [-0.2, 0) is 18.4 Å². The highest BCUT2D eigenvalue weighted by atomic mass is 35.5. The zero-order chi connectivity index (χ0) is 23.8. The number of aromatic amines is 1. The summed E-state index contributed by atoms with van der Waals surface area (Å²) in [5.74, 6) is -2.33. The zero-order valence-corrected chi connectivity index (χ0v) is 17.4. The van der Waals surface area contributed by atoms with Crippen molar-refractivity contribution >= 4 is 29.2 Å². The highest BCUT2D eigenvalue weighted by molar-refractivity contribution is 6.35. The van der Waals surface area contributed by atoms with Crippen molar-refractivity contribution in [2.45, 2.75) is 18.8 Å². The summed E-state index contributed by atoms with van der Waals surface area (Å²) >= 11 is 11.8. The van der Waals surface area contributed by atoms with E-state index in [4.69, 9.17) is 37.8 Å². The second kappa shape index (κ2) is 11.7. The Morgan fingerprint density at radius 3 is 2.48 bits per heavy atom. The van der Waals surface area contributed by atoms with Crippen LogP contribution in [0.5, 0.6) is 5.75 Å². The molecule has 1 aromatic carbocycles. The number of carboxylic acid groups (broad SMARTS) is 1. The van der Waals surface area contributed by atoms with Crippen LogP contribution in [0.1, 0.15) is 5.56 Å². The van der Waals surface area contributed by atoms with Crippen molar-refractivity contribution < 1.29 is 32.9 Å². The molecular formula is C17H18Cl2F3N3O6. The molecule has 1 unspecified atom stereocenters. The second-order valence-corrected chi connectivity index (χ2v) is 6.84. The van der Waals surface area contributed by atoms with Gasteiger partial charge in [-0.15, -0.1) is 0 Å². The van der Waals surface area contributed by atoms with Gasteiger partial charge in [0, 0.05) is 36.9 Å². The first-order valence-corrected chi connectivity index (χ1v) is 9.12. The van der Waals surface area contributed by atoms with Crippen LogP contribution in [-0.4, -0.2) is 51.2 Å². The molecule has 1 atom stereocenters. The van der Waals surface area contributed by atoms with Crippen LogP contribution in [0.25, 0.3) is 0 Å². The van der Waals surface area contributed by atoms with Crippen LogP contribution in [0.15, 0.2) is 34.0 Å². The molecule has 0 bridgehead atoms. The van der Waals surface area contributed by atoms with Crippen molar-refractivity contribution in [1.82, 2.24) is 14.9 Å². The average molecular weight is 488 g/mol. The molecule has 4 N–H and O–H groups in total. The number of aromatic nitrogens is 2. The van der Waals surface area contributed by atoms with Gasteiger partial charge in [-0.3, -0.25) is 9.78 Å². The third-order valence-electron chi connectivity index (χ3n) is 3.45. The van der Waals surface area contributed by atoms with Crippen LogP contribution in [0.2, 0.25) is 10.0 Å². The summed E-state index contributed by atoms with van der Waals surface area (Å²) in [5.41, 5.74) is -0.535. The fourth-order valence-corrected chi connectivity index (χ4v) is 2.42. The number of ether oxygens (including phenoxy) is 1. The topological polar surface area (TPSA) is 134 Å². The summed E-state index contributed by atoms with van der Waals surface area (Å²) in [7, 11) is 1.54. The van der Waals surface area contributed by atoms with Crippen LogP contribution in [0.3, 0.4) is 0 Å². The molecule has 31 heavy (non-hydrogen) atoms. The molecule has 0 spiro atoms. The van der Waals surface area contributed by atoms with E-state index in [1.54, 1.807) is 25.2 Å². The number of aliphatic hydroxyl groups is 1. The summed E-state index contributed by atoms with van der Waals surface area (Å²) in [6.07, 6.45) is -4.44. The Bertz CT molecular complexity index is 1010. The number of hydrogen-bond acceptors (Lipinski definition) is 6. The maximum Gasteiger partial charge on any atom is 0.490 e. The van der Waals surface area contributed by atoms with Gasteiger partial charge in [-0.05, 0) is 18.2 Å². The zero-order valence-electron chi connectivity index (χ0n) is 15.9.